The van der Waals surface area contributed by atoms with E-state index in [0.29, 0.717) is 28.5 Å². The maximum atomic E-state index is 13.7. The van der Waals surface area contributed by atoms with E-state index in [0.717, 1.165) is 4.90 Å². The van der Waals surface area contributed by atoms with Crippen molar-refractivity contribution in [2.75, 3.05) is 32.8 Å². The number of amides is 2. The van der Waals surface area contributed by atoms with Gasteiger partial charge in [-0.15, -0.1) is 0 Å². The summed E-state index contributed by atoms with van der Waals surface area (Å²) in [7, 11) is 4.59. The van der Waals surface area contributed by atoms with Gasteiger partial charge in [-0.25, -0.2) is 4.90 Å². The van der Waals surface area contributed by atoms with Crippen molar-refractivity contribution in [3.05, 3.63) is 48.0 Å². The molecule has 180 valence electrons. The minimum atomic E-state index is -1.40. The van der Waals surface area contributed by atoms with Gasteiger partial charge in [-0.1, -0.05) is 6.07 Å². The minimum absolute atomic E-state index is 0.152. The standard InChI is InChI=1S/C25H28N2O7/c1-6-34-24(30)25(2)20-19(21(26-25)14-7-12-17(32-4)18(13-14)33-5)22(28)27(23(20)29)15-8-10-16(31-3)11-9-15/h7-13,19-21,26H,6H2,1-5H3/t19-,20-,21-,25-/m1/s1. The molecule has 0 aliphatic carbocycles. The number of nitrogens with zero attached hydrogens (tertiary/aromatic N) is 1. The molecule has 1 N–H and O–H groups in total. The summed E-state index contributed by atoms with van der Waals surface area (Å²) in [5.74, 6) is -1.57. The molecule has 2 aromatic carbocycles. The molecule has 9 nitrogen and oxygen atoms in total. The maximum Gasteiger partial charge on any atom is 0.326 e. The smallest absolute Gasteiger partial charge is 0.326 e. The molecule has 2 aliphatic rings. The van der Waals surface area contributed by atoms with Crippen LogP contribution in [0.3, 0.4) is 0 Å². The number of hydrogen-bond acceptors (Lipinski definition) is 8. The second-order valence-corrected chi connectivity index (χ2v) is 8.37. The second-order valence-electron chi connectivity index (χ2n) is 8.37. The van der Waals surface area contributed by atoms with Gasteiger partial charge in [-0.3, -0.25) is 19.7 Å². The van der Waals surface area contributed by atoms with Gasteiger partial charge < -0.3 is 18.9 Å². The monoisotopic (exact) mass is 468 g/mol. The zero-order chi connectivity index (χ0) is 24.6. The van der Waals surface area contributed by atoms with E-state index in [4.69, 9.17) is 18.9 Å². The van der Waals surface area contributed by atoms with Gasteiger partial charge in [-0.2, -0.15) is 0 Å². The molecule has 0 aromatic heterocycles. The number of ether oxygens (including phenoxy) is 4. The lowest BCUT2D eigenvalue weighted by atomic mass is 9.80. The summed E-state index contributed by atoms with van der Waals surface area (Å²) >= 11 is 0. The molecule has 2 aromatic rings. The number of benzene rings is 2. The quantitative estimate of drug-likeness (QED) is 0.488. The van der Waals surface area contributed by atoms with Crippen LogP contribution in [0.2, 0.25) is 0 Å². The van der Waals surface area contributed by atoms with Crippen molar-refractivity contribution in [3.63, 3.8) is 0 Å². The highest BCUT2D eigenvalue weighted by Crippen LogP contribution is 2.50. The highest BCUT2D eigenvalue weighted by Gasteiger charge is 2.67. The SMILES string of the molecule is CCOC(=O)[C@]1(C)N[C@H](c2ccc(OC)c(OC)c2)[C@@H]2C(=O)N(c3ccc(OC)cc3)C(=O)[C@@H]21. The average Bonchev–Trinajstić information content (AvgIpc) is 3.32. The van der Waals surface area contributed by atoms with Gasteiger partial charge in [0.15, 0.2) is 11.5 Å². The van der Waals surface area contributed by atoms with Crippen molar-refractivity contribution < 1.29 is 33.3 Å². The van der Waals surface area contributed by atoms with Crippen molar-refractivity contribution in [1.82, 2.24) is 5.32 Å². The Kier molecular flexibility index (Phi) is 6.22. The molecule has 4 rings (SSSR count). The lowest BCUT2D eigenvalue weighted by molar-refractivity contribution is -0.153. The zero-order valence-corrected chi connectivity index (χ0v) is 19.8. The third kappa shape index (κ3) is 3.56. The number of carbonyl (C=O) groups excluding carboxylic acids is 3. The van der Waals surface area contributed by atoms with Gasteiger partial charge in [0.05, 0.1) is 45.5 Å². The molecule has 9 heteroatoms. The van der Waals surface area contributed by atoms with E-state index in [-0.39, 0.29) is 12.5 Å². The van der Waals surface area contributed by atoms with Gasteiger partial charge >= 0.3 is 5.97 Å². The van der Waals surface area contributed by atoms with Crippen LogP contribution in [0, 0.1) is 11.8 Å². The Morgan fingerprint density at radius 1 is 0.971 bits per heavy atom. The van der Waals surface area contributed by atoms with Crippen molar-refractivity contribution in [3.8, 4) is 17.2 Å². The molecule has 2 fully saturated rings. The van der Waals surface area contributed by atoms with Gasteiger partial charge in [0.2, 0.25) is 11.8 Å². The molecule has 2 heterocycles. The topological polar surface area (TPSA) is 103 Å². The number of fused-ring (bicyclic) bond motifs is 1. The summed E-state index contributed by atoms with van der Waals surface area (Å²) in [5, 5.41) is 3.25. The fraction of sp³-hybridized carbons (Fsp3) is 0.400. The van der Waals surface area contributed by atoms with E-state index in [1.54, 1.807) is 56.3 Å². The van der Waals surface area contributed by atoms with Gasteiger partial charge in [0, 0.05) is 6.04 Å². The number of anilines is 1. The average molecular weight is 469 g/mol. The molecular formula is C25H28N2O7. The summed E-state index contributed by atoms with van der Waals surface area (Å²) in [5.41, 5.74) is -0.284. The lowest BCUT2D eigenvalue weighted by Gasteiger charge is -2.29. The van der Waals surface area contributed by atoms with Gasteiger partial charge in [0.1, 0.15) is 11.3 Å². The number of methoxy groups -OCH3 is 3. The molecule has 0 unspecified atom stereocenters. The summed E-state index contributed by atoms with van der Waals surface area (Å²) in [6, 6.07) is 11.3. The van der Waals surface area contributed by atoms with Crippen LogP contribution in [0.15, 0.2) is 42.5 Å². The van der Waals surface area contributed by atoms with Crippen molar-refractivity contribution in [1.29, 1.82) is 0 Å². The first-order valence-corrected chi connectivity index (χ1v) is 11.0. The molecule has 0 spiro atoms. The Morgan fingerprint density at radius 2 is 1.65 bits per heavy atom. The summed E-state index contributed by atoms with van der Waals surface area (Å²) in [4.78, 5) is 41.6. The number of hydrogen-bond donors (Lipinski definition) is 1. The third-order valence-corrected chi connectivity index (χ3v) is 6.58. The van der Waals surface area contributed by atoms with Crippen molar-refractivity contribution >= 4 is 23.5 Å². The lowest BCUT2D eigenvalue weighted by Crippen LogP contribution is -2.54. The zero-order valence-electron chi connectivity index (χ0n) is 19.8. The number of carbonyl (C=O) groups is 3. The molecule has 0 bridgehead atoms. The number of esters is 1. The van der Waals surface area contributed by atoms with E-state index >= 15 is 0 Å². The molecule has 2 saturated heterocycles. The molecule has 2 aliphatic heterocycles. The highest BCUT2D eigenvalue weighted by atomic mass is 16.5. The predicted octanol–water partition coefficient (Wildman–Crippen LogP) is 2.48. The first-order chi connectivity index (χ1) is 16.3. The first kappa shape index (κ1) is 23.6. The fourth-order valence-electron chi connectivity index (χ4n) is 4.93. The molecular weight excluding hydrogens is 440 g/mol. The van der Waals surface area contributed by atoms with E-state index in [1.165, 1.54) is 21.3 Å². The Bertz CT molecular complexity index is 1120. The van der Waals surface area contributed by atoms with Crippen LogP contribution < -0.4 is 24.4 Å². The van der Waals surface area contributed by atoms with Crippen molar-refractivity contribution in [2.45, 2.75) is 25.4 Å². The van der Waals surface area contributed by atoms with E-state index in [1.807, 2.05) is 0 Å². The normalized spacial score (nSPS) is 25.8. The van der Waals surface area contributed by atoms with Crippen LogP contribution in [0.1, 0.15) is 25.5 Å². The Hall–Kier alpha value is -3.59. The van der Waals surface area contributed by atoms with Crippen LogP contribution in [-0.2, 0) is 19.1 Å². The highest BCUT2D eigenvalue weighted by molar-refractivity contribution is 6.24. The second kappa shape index (κ2) is 8.98. The Labute approximate surface area is 197 Å². The van der Waals surface area contributed by atoms with Crippen LogP contribution in [0.4, 0.5) is 5.69 Å². The number of imide groups is 1. The van der Waals surface area contributed by atoms with Crippen LogP contribution in [0.5, 0.6) is 17.2 Å². The molecule has 2 amide bonds. The maximum absolute atomic E-state index is 13.7. The molecule has 0 saturated carbocycles. The minimum Gasteiger partial charge on any atom is -0.497 e. The van der Waals surface area contributed by atoms with Gasteiger partial charge in [-0.05, 0) is 55.8 Å². The largest absolute Gasteiger partial charge is 0.497 e. The predicted molar refractivity (Wildman–Crippen MR) is 123 cm³/mol. The summed E-state index contributed by atoms with van der Waals surface area (Å²) in [6.45, 7) is 3.47. The first-order valence-electron chi connectivity index (χ1n) is 11.0. The number of nitrogens with one attached hydrogen (secondary N) is 1. The Morgan fingerprint density at radius 3 is 2.24 bits per heavy atom. The summed E-state index contributed by atoms with van der Waals surface area (Å²) < 4.78 is 21.3. The molecule has 4 atom stereocenters. The van der Waals surface area contributed by atoms with E-state index in [2.05, 4.69) is 5.32 Å². The van der Waals surface area contributed by atoms with Crippen LogP contribution in [-0.4, -0.2) is 51.3 Å². The summed E-state index contributed by atoms with van der Waals surface area (Å²) in [6.07, 6.45) is 0. The number of rotatable bonds is 7. The van der Waals surface area contributed by atoms with E-state index in [9.17, 15) is 14.4 Å². The van der Waals surface area contributed by atoms with E-state index < -0.39 is 35.3 Å². The Balaban J connectivity index is 1.80. The van der Waals surface area contributed by atoms with Crippen LogP contribution >= 0.6 is 0 Å². The molecule has 34 heavy (non-hydrogen) atoms. The van der Waals surface area contributed by atoms with Crippen molar-refractivity contribution in [2.24, 2.45) is 11.8 Å². The molecule has 0 radical (unpaired) electrons. The van der Waals surface area contributed by atoms with Gasteiger partial charge in [0.25, 0.3) is 0 Å². The van der Waals surface area contributed by atoms with Crippen LogP contribution in [0.25, 0.3) is 0 Å². The third-order valence-electron chi connectivity index (χ3n) is 6.58. The fourth-order valence-corrected chi connectivity index (χ4v) is 4.93.